The van der Waals surface area contributed by atoms with E-state index in [9.17, 15) is 9.59 Å². The first-order valence-electron chi connectivity index (χ1n) is 12.1. The molecule has 1 heterocycles. The SMILES string of the molecule is C#CC(=O)[C@@]1(c2ccc(CNC(=O)OC(C)(C)C)cc2)N[C@@H](CCCC)Cc2cc(OC)ccc21. The molecule has 2 atom stereocenters. The number of nitrogens with one attached hydrogen (secondary N) is 2. The van der Waals surface area contributed by atoms with Crippen molar-refractivity contribution in [3.8, 4) is 18.1 Å². The van der Waals surface area contributed by atoms with Crippen LogP contribution >= 0.6 is 0 Å². The van der Waals surface area contributed by atoms with Gasteiger partial charge in [-0.3, -0.25) is 10.1 Å². The summed E-state index contributed by atoms with van der Waals surface area (Å²) in [4.78, 5) is 25.5. The number of ketones is 1. The van der Waals surface area contributed by atoms with E-state index in [1.165, 1.54) is 0 Å². The Bertz CT molecular complexity index is 1100. The highest BCUT2D eigenvalue weighted by Crippen LogP contribution is 2.40. The van der Waals surface area contributed by atoms with E-state index in [1.54, 1.807) is 7.11 Å². The highest BCUT2D eigenvalue weighted by Gasteiger charge is 2.46. The van der Waals surface area contributed by atoms with Gasteiger partial charge in [0.25, 0.3) is 0 Å². The van der Waals surface area contributed by atoms with E-state index in [0.717, 1.165) is 53.7 Å². The van der Waals surface area contributed by atoms with Gasteiger partial charge in [-0.05, 0) is 73.9 Å². The first kappa shape index (κ1) is 26.3. The van der Waals surface area contributed by atoms with Crippen molar-refractivity contribution in [2.24, 2.45) is 0 Å². The molecule has 6 heteroatoms. The molecule has 0 bridgehead atoms. The second-order valence-corrected chi connectivity index (χ2v) is 9.99. The highest BCUT2D eigenvalue weighted by atomic mass is 16.6. The summed E-state index contributed by atoms with van der Waals surface area (Å²) >= 11 is 0. The fourth-order valence-electron chi connectivity index (χ4n) is 4.58. The molecule has 6 nitrogen and oxygen atoms in total. The van der Waals surface area contributed by atoms with Gasteiger partial charge in [-0.1, -0.05) is 50.1 Å². The minimum absolute atomic E-state index is 0.0976. The Balaban J connectivity index is 1.97. The topological polar surface area (TPSA) is 76.7 Å². The zero-order valence-corrected chi connectivity index (χ0v) is 21.4. The smallest absolute Gasteiger partial charge is 0.407 e. The van der Waals surface area contributed by atoms with Gasteiger partial charge in [-0.2, -0.15) is 0 Å². The van der Waals surface area contributed by atoms with Crippen LogP contribution in [0.3, 0.4) is 0 Å². The van der Waals surface area contributed by atoms with Gasteiger partial charge < -0.3 is 14.8 Å². The number of rotatable bonds is 8. The number of fused-ring (bicyclic) bond motifs is 1. The maximum Gasteiger partial charge on any atom is 0.407 e. The van der Waals surface area contributed by atoms with E-state index < -0.39 is 17.2 Å². The number of Topliss-reactive ketones (excluding diaryl/α,β-unsaturated/α-hetero) is 1. The molecule has 2 N–H and O–H groups in total. The minimum atomic E-state index is -1.15. The Morgan fingerprint density at radius 2 is 1.91 bits per heavy atom. The number of terminal acetylenes is 1. The molecule has 3 rings (SSSR count). The van der Waals surface area contributed by atoms with E-state index in [1.807, 2.05) is 63.2 Å². The van der Waals surface area contributed by atoms with Crippen molar-refractivity contribution >= 4 is 11.9 Å². The number of hydrogen-bond acceptors (Lipinski definition) is 5. The zero-order chi connectivity index (χ0) is 25.6. The quantitative estimate of drug-likeness (QED) is 0.420. The first-order chi connectivity index (χ1) is 16.6. The number of amides is 1. The van der Waals surface area contributed by atoms with Gasteiger partial charge in [0.05, 0.1) is 7.11 Å². The molecule has 0 unspecified atom stereocenters. The van der Waals surface area contributed by atoms with Crippen LogP contribution < -0.4 is 15.4 Å². The van der Waals surface area contributed by atoms with E-state index in [4.69, 9.17) is 15.9 Å². The maximum absolute atomic E-state index is 13.5. The second-order valence-electron chi connectivity index (χ2n) is 9.99. The van der Waals surface area contributed by atoms with Crippen molar-refractivity contribution in [2.45, 2.75) is 77.1 Å². The molecular formula is C29H36N2O4. The number of carbonyl (C=O) groups is 2. The van der Waals surface area contributed by atoms with Gasteiger partial charge in [0, 0.05) is 12.6 Å². The lowest BCUT2D eigenvalue weighted by molar-refractivity contribution is -0.119. The van der Waals surface area contributed by atoms with Gasteiger partial charge in [-0.15, -0.1) is 6.42 Å². The summed E-state index contributed by atoms with van der Waals surface area (Å²) in [6.07, 6.45) is 9.09. The van der Waals surface area contributed by atoms with Crippen molar-refractivity contribution in [3.63, 3.8) is 0 Å². The van der Waals surface area contributed by atoms with Crippen molar-refractivity contribution in [1.29, 1.82) is 0 Å². The predicted octanol–water partition coefficient (Wildman–Crippen LogP) is 4.87. The molecule has 0 saturated heterocycles. The summed E-state index contributed by atoms with van der Waals surface area (Å²) in [6.45, 7) is 7.93. The van der Waals surface area contributed by atoms with Crippen LogP contribution in [0.15, 0.2) is 42.5 Å². The molecule has 1 aliphatic heterocycles. The van der Waals surface area contributed by atoms with Gasteiger partial charge in [-0.25, -0.2) is 4.79 Å². The minimum Gasteiger partial charge on any atom is -0.497 e. The molecule has 0 aliphatic carbocycles. The number of carbonyl (C=O) groups excluding carboxylic acids is 2. The van der Waals surface area contributed by atoms with Crippen LogP contribution in [0.1, 0.15) is 69.2 Å². The van der Waals surface area contributed by atoms with Gasteiger partial charge in [0.2, 0.25) is 5.78 Å². The summed E-state index contributed by atoms with van der Waals surface area (Å²) in [5.74, 6) is 2.82. The fraction of sp³-hybridized carbons (Fsp3) is 0.448. The summed E-state index contributed by atoms with van der Waals surface area (Å²) < 4.78 is 10.8. The molecule has 2 aromatic carbocycles. The van der Waals surface area contributed by atoms with Crippen LogP contribution in [0, 0.1) is 12.3 Å². The molecule has 1 amide bonds. The number of unbranched alkanes of at least 4 members (excludes halogenated alkanes) is 1. The second kappa shape index (κ2) is 11.0. The van der Waals surface area contributed by atoms with Crippen LogP contribution in [0.4, 0.5) is 4.79 Å². The zero-order valence-electron chi connectivity index (χ0n) is 21.4. The Labute approximate surface area is 208 Å². The third-order valence-electron chi connectivity index (χ3n) is 6.20. The molecule has 186 valence electrons. The van der Waals surface area contributed by atoms with E-state index in [0.29, 0.717) is 6.54 Å². The number of hydrogen-bond donors (Lipinski definition) is 2. The maximum atomic E-state index is 13.5. The van der Waals surface area contributed by atoms with Crippen molar-refractivity contribution in [1.82, 2.24) is 10.6 Å². The predicted molar refractivity (Wildman–Crippen MR) is 137 cm³/mol. The lowest BCUT2D eigenvalue weighted by Crippen LogP contribution is -2.57. The van der Waals surface area contributed by atoms with E-state index in [2.05, 4.69) is 23.5 Å². The number of alkyl carbamates (subject to hydrolysis) is 1. The molecular weight excluding hydrogens is 440 g/mol. The van der Waals surface area contributed by atoms with Gasteiger partial charge >= 0.3 is 6.09 Å². The molecule has 35 heavy (non-hydrogen) atoms. The highest BCUT2D eigenvalue weighted by molar-refractivity contribution is 6.06. The number of benzene rings is 2. The van der Waals surface area contributed by atoms with E-state index in [-0.39, 0.29) is 11.8 Å². The normalized spacial score (nSPS) is 19.3. The summed E-state index contributed by atoms with van der Waals surface area (Å²) in [5.41, 5.74) is 1.86. The largest absolute Gasteiger partial charge is 0.497 e. The Morgan fingerprint density at radius 1 is 1.20 bits per heavy atom. The Kier molecular flexibility index (Phi) is 8.24. The fourth-order valence-corrected chi connectivity index (χ4v) is 4.58. The molecule has 0 fully saturated rings. The van der Waals surface area contributed by atoms with Gasteiger partial charge in [0.1, 0.15) is 16.9 Å². The Morgan fingerprint density at radius 3 is 2.51 bits per heavy atom. The lowest BCUT2D eigenvalue weighted by atomic mass is 9.72. The van der Waals surface area contributed by atoms with Crippen LogP contribution in [0.5, 0.6) is 5.75 Å². The average Bonchev–Trinajstić information content (AvgIpc) is 2.84. The third-order valence-corrected chi connectivity index (χ3v) is 6.20. The molecule has 1 aliphatic rings. The summed E-state index contributed by atoms with van der Waals surface area (Å²) in [6, 6.07) is 13.5. The number of ether oxygens (including phenoxy) is 2. The van der Waals surface area contributed by atoms with Crippen molar-refractivity contribution in [3.05, 3.63) is 64.7 Å². The third kappa shape index (κ3) is 6.04. The number of methoxy groups -OCH3 is 1. The van der Waals surface area contributed by atoms with Crippen molar-refractivity contribution < 1.29 is 19.1 Å². The average molecular weight is 477 g/mol. The molecule has 0 aromatic heterocycles. The van der Waals surface area contributed by atoms with Crippen LogP contribution in [0.25, 0.3) is 0 Å². The molecule has 0 saturated carbocycles. The van der Waals surface area contributed by atoms with Crippen LogP contribution in [-0.4, -0.2) is 30.6 Å². The summed E-state index contributed by atoms with van der Waals surface area (Å²) in [5, 5.41) is 6.40. The van der Waals surface area contributed by atoms with Crippen LogP contribution in [-0.2, 0) is 28.0 Å². The Hall–Kier alpha value is -3.30. The van der Waals surface area contributed by atoms with Gasteiger partial charge in [0.15, 0.2) is 0 Å². The first-order valence-corrected chi connectivity index (χ1v) is 12.1. The molecule has 2 aromatic rings. The molecule has 0 radical (unpaired) electrons. The summed E-state index contributed by atoms with van der Waals surface area (Å²) in [7, 11) is 1.64. The standard InChI is InChI=1S/C29H36N2O4/c1-7-9-10-23-17-21-18-24(34-6)15-16-25(21)29(31-23,26(32)8-2)22-13-11-20(12-14-22)19-30-27(33)35-28(3,4)5/h2,11-16,18,23,31H,7,9-10,17,19H2,1,3-6H3,(H,30,33)/t23-,29-/m0/s1. The van der Waals surface area contributed by atoms with E-state index >= 15 is 0 Å². The lowest BCUT2D eigenvalue weighted by Gasteiger charge is -2.42. The monoisotopic (exact) mass is 476 g/mol. The van der Waals surface area contributed by atoms with Crippen LogP contribution in [0.2, 0.25) is 0 Å². The molecule has 0 spiro atoms. The van der Waals surface area contributed by atoms with Crippen molar-refractivity contribution in [2.75, 3.05) is 7.11 Å².